The van der Waals surface area contributed by atoms with E-state index in [-0.39, 0.29) is 5.57 Å². The Morgan fingerprint density at radius 2 is 2.36 bits per heavy atom. The molecule has 0 N–H and O–H groups in total. The molecule has 0 bridgehead atoms. The summed E-state index contributed by atoms with van der Waals surface area (Å²) in [4.78, 5) is 13.3. The average molecular weight is 155 g/mol. The van der Waals surface area contributed by atoms with Crippen LogP contribution in [0, 0.1) is 0 Å². The van der Waals surface area contributed by atoms with E-state index in [0.29, 0.717) is 0 Å². The van der Waals surface area contributed by atoms with Crippen molar-refractivity contribution in [3.8, 4) is 0 Å². The molecule has 0 aliphatic rings. The molecule has 0 rings (SSSR count). The molecule has 0 aliphatic carbocycles. The first-order chi connectivity index (χ1) is 5.13. The third-order valence-corrected chi connectivity index (χ3v) is 1.18. The van der Waals surface area contributed by atoms with Crippen molar-refractivity contribution in [3.63, 3.8) is 0 Å². The second-order valence-electron chi connectivity index (χ2n) is 1.90. The first-order valence-electron chi connectivity index (χ1n) is 2.94. The third-order valence-electron chi connectivity index (χ3n) is 1.18. The maximum atomic E-state index is 10.7. The van der Waals surface area contributed by atoms with E-state index in [1.54, 1.807) is 6.92 Å². The fourth-order valence-corrected chi connectivity index (χ4v) is 0.449. The molecular formula is C6H9N3O2. The second-order valence-corrected chi connectivity index (χ2v) is 1.90. The van der Waals surface area contributed by atoms with Gasteiger partial charge in [-0.1, -0.05) is 18.6 Å². The number of esters is 1. The minimum absolute atomic E-state index is 0.158. The first-order valence-corrected chi connectivity index (χ1v) is 2.94. The van der Waals surface area contributed by atoms with Crippen LogP contribution in [0.15, 0.2) is 17.3 Å². The van der Waals surface area contributed by atoms with Crippen molar-refractivity contribution >= 4 is 5.97 Å². The lowest BCUT2D eigenvalue weighted by Crippen LogP contribution is -2.12. The highest BCUT2D eigenvalue weighted by Crippen LogP contribution is 2.04. The average Bonchev–Trinajstić information content (AvgIpc) is 2.02. The minimum Gasteiger partial charge on any atom is -0.466 e. The van der Waals surface area contributed by atoms with Crippen LogP contribution < -0.4 is 0 Å². The molecule has 0 aromatic carbocycles. The van der Waals surface area contributed by atoms with Crippen molar-refractivity contribution < 1.29 is 9.53 Å². The van der Waals surface area contributed by atoms with Crippen LogP contribution in [0.5, 0.6) is 0 Å². The molecule has 5 heteroatoms. The minimum atomic E-state index is -0.551. The Hall–Kier alpha value is -1.48. The van der Waals surface area contributed by atoms with Gasteiger partial charge in [-0.05, 0) is 5.53 Å². The van der Waals surface area contributed by atoms with Gasteiger partial charge in [0.15, 0.2) is 0 Å². The maximum absolute atomic E-state index is 10.7. The molecule has 0 aromatic heterocycles. The van der Waals surface area contributed by atoms with Crippen LogP contribution in [-0.2, 0) is 9.53 Å². The Kier molecular flexibility index (Phi) is 3.77. The Bertz CT molecular complexity index is 218. The number of methoxy groups -OCH3 is 1. The molecule has 1 unspecified atom stereocenters. The molecule has 0 aliphatic heterocycles. The predicted molar refractivity (Wildman–Crippen MR) is 39.8 cm³/mol. The van der Waals surface area contributed by atoms with Crippen LogP contribution in [0.3, 0.4) is 0 Å². The van der Waals surface area contributed by atoms with Gasteiger partial charge >= 0.3 is 5.97 Å². The molecule has 0 heterocycles. The Morgan fingerprint density at radius 1 is 1.82 bits per heavy atom. The zero-order valence-corrected chi connectivity index (χ0v) is 6.44. The van der Waals surface area contributed by atoms with E-state index in [2.05, 4.69) is 21.3 Å². The van der Waals surface area contributed by atoms with E-state index in [0.717, 1.165) is 0 Å². The number of hydrogen-bond acceptors (Lipinski definition) is 3. The highest BCUT2D eigenvalue weighted by atomic mass is 16.5. The van der Waals surface area contributed by atoms with E-state index in [4.69, 9.17) is 5.53 Å². The number of azide groups is 1. The SMILES string of the molecule is C=C(C(=O)OC)C(C)N=[N+]=[N-]. The summed E-state index contributed by atoms with van der Waals surface area (Å²) in [5.74, 6) is -0.551. The monoisotopic (exact) mass is 155 g/mol. The van der Waals surface area contributed by atoms with Gasteiger partial charge in [0.25, 0.3) is 0 Å². The maximum Gasteiger partial charge on any atom is 0.333 e. The van der Waals surface area contributed by atoms with Gasteiger partial charge in [0.1, 0.15) is 0 Å². The number of rotatable bonds is 3. The summed E-state index contributed by atoms with van der Waals surface area (Å²) in [6.07, 6.45) is 0. The van der Waals surface area contributed by atoms with E-state index in [1.807, 2.05) is 0 Å². The Balaban J connectivity index is 4.24. The number of carbonyl (C=O) groups excluding carboxylic acids is 1. The lowest BCUT2D eigenvalue weighted by molar-refractivity contribution is -0.136. The quantitative estimate of drug-likeness (QED) is 0.203. The van der Waals surface area contributed by atoms with E-state index < -0.39 is 12.0 Å². The normalized spacial score (nSPS) is 11.1. The van der Waals surface area contributed by atoms with Gasteiger partial charge in [0, 0.05) is 10.5 Å². The van der Waals surface area contributed by atoms with E-state index >= 15 is 0 Å². The highest BCUT2D eigenvalue weighted by molar-refractivity contribution is 5.88. The molecule has 0 aromatic rings. The van der Waals surface area contributed by atoms with Crippen molar-refractivity contribution in [3.05, 3.63) is 22.6 Å². The molecule has 0 saturated heterocycles. The standard InChI is InChI=1S/C6H9N3O2/c1-4(6(10)11-3)5(2)8-9-7/h5H,1H2,2-3H3. The summed E-state index contributed by atoms with van der Waals surface area (Å²) in [6.45, 7) is 4.97. The van der Waals surface area contributed by atoms with Gasteiger partial charge < -0.3 is 4.74 Å². The van der Waals surface area contributed by atoms with Crippen molar-refractivity contribution in [2.24, 2.45) is 5.11 Å². The fraction of sp³-hybridized carbons (Fsp3) is 0.500. The number of hydrogen-bond donors (Lipinski definition) is 0. The van der Waals surface area contributed by atoms with Gasteiger partial charge in [-0.25, -0.2) is 4.79 Å². The Morgan fingerprint density at radius 3 is 2.73 bits per heavy atom. The lowest BCUT2D eigenvalue weighted by atomic mass is 10.2. The van der Waals surface area contributed by atoms with Gasteiger partial charge in [-0.3, -0.25) is 0 Å². The summed E-state index contributed by atoms with van der Waals surface area (Å²) in [7, 11) is 1.25. The van der Waals surface area contributed by atoms with Gasteiger partial charge in [-0.15, -0.1) is 0 Å². The zero-order chi connectivity index (χ0) is 8.85. The van der Waals surface area contributed by atoms with Crippen molar-refractivity contribution in [2.75, 3.05) is 7.11 Å². The predicted octanol–water partition coefficient (Wildman–Crippen LogP) is 1.41. The molecule has 60 valence electrons. The highest BCUT2D eigenvalue weighted by Gasteiger charge is 2.12. The van der Waals surface area contributed by atoms with Gasteiger partial charge in [-0.2, -0.15) is 0 Å². The van der Waals surface area contributed by atoms with Crippen LogP contribution in [0.1, 0.15) is 6.92 Å². The topological polar surface area (TPSA) is 75.1 Å². The molecule has 1 atom stereocenters. The molecule has 0 radical (unpaired) electrons. The molecule has 11 heavy (non-hydrogen) atoms. The van der Waals surface area contributed by atoms with Gasteiger partial charge in [0.05, 0.1) is 13.2 Å². The smallest absolute Gasteiger partial charge is 0.333 e. The van der Waals surface area contributed by atoms with Crippen molar-refractivity contribution in [2.45, 2.75) is 13.0 Å². The number of carbonyl (C=O) groups is 1. The molecule has 0 saturated carbocycles. The van der Waals surface area contributed by atoms with Crippen molar-refractivity contribution in [1.29, 1.82) is 0 Å². The molecule has 0 amide bonds. The summed E-state index contributed by atoms with van der Waals surface area (Å²) in [6, 6.07) is -0.549. The van der Waals surface area contributed by atoms with Crippen LogP contribution in [-0.4, -0.2) is 19.1 Å². The Labute approximate surface area is 64.3 Å². The number of ether oxygens (including phenoxy) is 1. The molecule has 0 fully saturated rings. The van der Waals surface area contributed by atoms with Crippen LogP contribution in [0.25, 0.3) is 10.4 Å². The van der Waals surface area contributed by atoms with E-state index in [1.165, 1.54) is 7.11 Å². The summed E-state index contributed by atoms with van der Waals surface area (Å²) < 4.78 is 4.36. The molecule has 0 spiro atoms. The zero-order valence-electron chi connectivity index (χ0n) is 6.44. The second kappa shape index (κ2) is 4.35. The molecular weight excluding hydrogens is 146 g/mol. The number of nitrogens with zero attached hydrogens (tertiary/aromatic N) is 3. The van der Waals surface area contributed by atoms with Crippen LogP contribution in [0.4, 0.5) is 0 Å². The van der Waals surface area contributed by atoms with Crippen molar-refractivity contribution in [1.82, 2.24) is 0 Å². The molecule has 5 nitrogen and oxygen atoms in total. The van der Waals surface area contributed by atoms with Gasteiger partial charge in [0.2, 0.25) is 0 Å². The first kappa shape index (κ1) is 9.52. The van der Waals surface area contributed by atoms with Crippen LogP contribution >= 0.6 is 0 Å². The summed E-state index contributed by atoms with van der Waals surface area (Å²) >= 11 is 0. The summed E-state index contributed by atoms with van der Waals surface area (Å²) in [5.41, 5.74) is 8.16. The van der Waals surface area contributed by atoms with Crippen LogP contribution in [0.2, 0.25) is 0 Å². The van der Waals surface area contributed by atoms with E-state index in [9.17, 15) is 4.79 Å². The lowest BCUT2D eigenvalue weighted by Gasteiger charge is -2.04. The largest absolute Gasteiger partial charge is 0.466 e. The third kappa shape index (κ3) is 2.73. The fourth-order valence-electron chi connectivity index (χ4n) is 0.449. The summed E-state index contributed by atoms with van der Waals surface area (Å²) in [5, 5.41) is 3.27.